The highest BCUT2D eigenvalue weighted by atomic mass is 16.6. The Bertz CT molecular complexity index is 580. The molecule has 1 unspecified atom stereocenters. The number of nitro benzene ring substituents is 1. The summed E-state index contributed by atoms with van der Waals surface area (Å²) in [6.07, 6.45) is 1.02. The third-order valence-corrected chi connectivity index (χ3v) is 2.84. The minimum Gasteiger partial charge on any atom is -0.419 e. The molecule has 0 aliphatic carbocycles. The van der Waals surface area contributed by atoms with Crippen LogP contribution in [-0.2, 0) is 0 Å². The van der Waals surface area contributed by atoms with Gasteiger partial charge in [-0.05, 0) is 32.0 Å². The monoisotopic (exact) mass is 276 g/mol. The van der Waals surface area contributed by atoms with Crippen LogP contribution in [0.3, 0.4) is 0 Å². The summed E-state index contributed by atoms with van der Waals surface area (Å²) in [6, 6.07) is 6.00. The standard InChI is InChI=1S/C13H16N4O3/c1-3-8-14-9(2)12-15-16-13(20-12)10-4-6-11(7-5-10)17(18)19/h4-7,9,14H,3,8H2,1-2H3. The number of benzene rings is 1. The summed E-state index contributed by atoms with van der Waals surface area (Å²) in [5.41, 5.74) is 0.698. The summed E-state index contributed by atoms with van der Waals surface area (Å²) in [5, 5.41) is 21.8. The van der Waals surface area contributed by atoms with Gasteiger partial charge in [0, 0.05) is 17.7 Å². The lowest BCUT2D eigenvalue weighted by Gasteiger charge is -2.07. The summed E-state index contributed by atoms with van der Waals surface area (Å²) in [4.78, 5) is 10.1. The van der Waals surface area contributed by atoms with Crippen LogP contribution in [0, 0.1) is 10.1 Å². The lowest BCUT2D eigenvalue weighted by Crippen LogP contribution is -2.19. The van der Waals surface area contributed by atoms with E-state index in [1.807, 2.05) is 6.92 Å². The number of nitro groups is 1. The van der Waals surface area contributed by atoms with Gasteiger partial charge in [-0.15, -0.1) is 10.2 Å². The van der Waals surface area contributed by atoms with Gasteiger partial charge >= 0.3 is 0 Å². The van der Waals surface area contributed by atoms with Crippen molar-refractivity contribution >= 4 is 5.69 Å². The van der Waals surface area contributed by atoms with Crippen LogP contribution in [0.4, 0.5) is 5.69 Å². The summed E-state index contributed by atoms with van der Waals surface area (Å²) < 4.78 is 5.57. The second kappa shape index (κ2) is 6.25. The molecule has 0 amide bonds. The van der Waals surface area contributed by atoms with E-state index in [1.54, 1.807) is 12.1 Å². The molecule has 1 N–H and O–H groups in total. The number of aromatic nitrogens is 2. The number of hydrogen-bond acceptors (Lipinski definition) is 6. The maximum absolute atomic E-state index is 10.6. The molecule has 0 spiro atoms. The van der Waals surface area contributed by atoms with Gasteiger partial charge in [0.2, 0.25) is 11.8 Å². The molecule has 2 aromatic rings. The molecule has 0 aliphatic heterocycles. The van der Waals surface area contributed by atoms with Crippen molar-refractivity contribution in [2.45, 2.75) is 26.3 Å². The van der Waals surface area contributed by atoms with Crippen molar-refractivity contribution < 1.29 is 9.34 Å². The Balaban J connectivity index is 2.13. The number of hydrogen-bond donors (Lipinski definition) is 1. The van der Waals surface area contributed by atoms with E-state index in [0.29, 0.717) is 17.3 Å². The molecule has 1 aromatic heterocycles. The van der Waals surface area contributed by atoms with Gasteiger partial charge in [0.05, 0.1) is 11.0 Å². The van der Waals surface area contributed by atoms with E-state index in [4.69, 9.17) is 4.42 Å². The van der Waals surface area contributed by atoms with E-state index in [1.165, 1.54) is 12.1 Å². The first-order valence-electron chi connectivity index (χ1n) is 6.43. The molecular formula is C13H16N4O3. The van der Waals surface area contributed by atoms with E-state index < -0.39 is 4.92 Å². The van der Waals surface area contributed by atoms with Crippen LogP contribution in [0.25, 0.3) is 11.5 Å². The largest absolute Gasteiger partial charge is 0.419 e. The van der Waals surface area contributed by atoms with Crippen molar-refractivity contribution in [2.24, 2.45) is 0 Å². The highest BCUT2D eigenvalue weighted by Crippen LogP contribution is 2.22. The van der Waals surface area contributed by atoms with Gasteiger partial charge in [-0.25, -0.2) is 0 Å². The highest BCUT2D eigenvalue weighted by Gasteiger charge is 2.15. The zero-order valence-corrected chi connectivity index (χ0v) is 11.4. The molecule has 1 heterocycles. The smallest absolute Gasteiger partial charge is 0.269 e. The Morgan fingerprint density at radius 1 is 1.35 bits per heavy atom. The van der Waals surface area contributed by atoms with Gasteiger partial charge < -0.3 is 9.73 Å². The first kappa shape index (κ1) is 14.1. The van der Waals surface area contributed by atoms with Gasteiger partial charge in [0.25, 0.3) is 5.69 Å². The molecule has 0 saturated heterocycles. The van der Waals surface area contributed by atoms with Crippen molar-refractivity contribution in [1.29, 1.82) is 0 Å². The molecular weight excluding hydrogens is 260 g/mol. The topological polar surface area (TPSA) is 94.1 Å². The third-order valence-electron chi connectivity index (χ3n) is 2.84. The van der Waals surface area contributed by atoms with Crippen LogP contribution in [0.1, 0.15) is 32.2 Å². The summed E-state index contributed by atoms with van der Waals surface area (Å²) in [5.74, 6) is 0.867. The second-order valence-electron chi connectivity index (χ2n) is 4.43. The Hall–Kier alpha value is -2.28. The number of rotatable bonds is 6. The Morgan fingerprint density at radius 3 is 2.65 bits per heavy atom. The number of non-ortho nitro benzene ring substituents is 1. The molecule has 1 aromatic carbocycles. The third kappa shape index (κ3) is 3.18. The fourth-order valence-corrected chi connectivity index (χ4v) is 1.70. The SMILES string of the molecule is CCCNC(C)c1nnc(-c2ccc([N+](=O)[O-])cc2)o1. The van der Waals surface area contributed by atoms with Crippen molar-refractivity contribution in [3.05, 3.63) is 40.3 Å². The minimum absolute atomic E-state index is 0.0192. The molecule has 20 heavy (non-hydrogen) atoms. The molecule has 7 heteroatoms. The van der Waals surface area contributed by atoms with Crippen LogP contribution >= 0.6 is 0 Å². The molecule has 2 rings (SSSR count). The Kier molecular flexibility index (Phi) is 4.41. The van der Waals surface area contributed by atoms with Crippen molar-refractivity contribution in [3.8, 4) is 11.5 Å². The van der Waals surface area contributed by atoms with E-state index >= 15 is 0 Å². The van der Waals surface area contributed by atoms with Crippen molar-refractivity contribution in [1.82, 2.24) is 15.5 Å². The van der Waals surface area contributed by atoms with Crippen LogP contribution in [-0.4, -0.2) is 21.7 Å². The number of nitrogens with one attached hydrogen (secondary N) is 1. The van der Waals surface area contributed by atoms with E-state index in [-0.39, 0.29) is 11.7 Å². The lowest BCUT2D eigenvalue weighted by atomic mass is 10.2. The quantitative estimate of drug-likeness (QED) is 0.644. The molecule has 0 aliphatic rings. The van der Waals surface area contributed by atoms with Crippen LogP contribution in [0.15, 0.2) is 28.7 Å². The van der Waals surface area contributed by atoms with Gasteiger partial charge in [-0.2, -0.15) is 0 Å². The molecule has 7 nitrogen and oxygen atoms in total. The normalized spacial score (nSPS) is 12.3. The van der Waals surface area contributed by atoms with Gasteiger partial charge in [-0.1, -0.05) is 6.92 Å². The Morgan fingerprint density at radius 2 is 2.05 bits per heavy atom. The molecule has 0 saturated carbocycles. The zero-order valence-electron chi connectivity index (χ0n) is 11.4. The fourth-order valence-electron chi connectivity index (χ4n) is 1.70. The first-order valence-corrected chi connectivity index (χ1v) is 6.43. The predicted octanol–water partition coefficient (Wildman–Crippen LogP) is 2.71. The molecule has 0 radical (unpaired) electrons. The van der Waals surface area contributed by atoms with Gasteiger partial charge in [0.1, 0.15) is 0 Å². The maximum Gasteiger partial charge on any atom is 0.269 e. The van der Waals surface area contributed by atoms with Crippen molar-refractivity contribution in [3.63, 3.8) is 0 Å². The highest BCUT2D eigenvalue weighted by molar-refractivity contribution is 5.55. The van der Waals surface area contributed by atoms with E-state index in [2.05, 4.69) is 22.4 Å². The molecule has 1 atom stereocenters. The lowest BCUT2D eigenvalue weighted by molar-refractivity contribution is -0.384. The zero-order chi connectivity index (χ0) is 14.5. The first-order chi connectivity index (χ1) is 9.61. The molecule has 0 bridgehead atoms. The maximum atomic E-state index is 10.6. The average molecular weight is 276 g/mol. The summed E-state index contributed by atoms with van der Waals surface area (Å²) in [6.45, 7) is 4.90. The Labute approximate surface area is 116 Å². The summed E-state index contributed by atoms with van der Waals surface area (Å²) >= 11 is 0. The summed E-state index contributed by atoms with van der Waals surface area (Å²) in [7, 11) is 0. The minimum atomic E-state index is -0.445. The van der Waals surface area contributed by atoms with Crippen LogP contribution in [0.2, 0.25) is 0 Å². The number of nitrogens with zero attached hydrogens (tertiary/aromatic N) is 3. The van der Waals surface area contributed by atoms with Gasteiger partial charge in [-0.3, -0.25) is 10.1 Å². The average Bonchev–Trinajstić information content (AvgIpc) is 2.94. The van der Waals surface area contributed by atoms with Crippen molar-refractivity contribution in [2.75, 3.05) is 6.54 Å². The van der Waals surface area contributed by atoms with E-state index in [0.717, 1.165) is 13.0 Å². The van der Waals surface area contributed by atoms with Crippen LogP contribution < -0.4 is 5.32 Å². The van der Waals surface area contributed by atoms with Crippen LogP contribution in [0.5, 0.6) is 0 Å². The fraction of sp³-hybridized carbons (Fsp3) is 0.385. The molecule has 0 fully saturated rings. The predicted molar refractivity (Wildman–Crippen MR) is 73.1 cm³/mol. The van der Waals surface area contributed by atoms with Gasteiger partial charge in [0.15, 0.2) is 0 Å². The van der Waals surface area contributed by atoms with E-state index in [9.17, 15) is 10.1 Å². The molecule has 106 valence electrons. The second-order valence-corrected chi connectivity index (χ2v) is 4.43.